The molecule has 0 aliphatic heterocycles. The largest absolute Gasteiger partial charge is 0.462 e. The van der Waals surface area contributed by atoms with Gasteiger partial charge < -0.3 is 10.1 Å². The van der Waals surface area contributed by atoms with Crippen LogP contribution in [-0.4, -0.2) is 33.8 Å². The van der Waals surface area contributed by atoms with Gasteiger partial charge in [-0.1, -0.05) is 36.9 Å². The number of anilines is 1. The molecular formula is C28H29N3O4S3. The maximum Gasteiger partial charge on any atom is 0.341 e. The highest BCUT2D eigenvalue weighted by atomic mass is 32.2. The molecule has 1 aliphatic rings. The molecule has 3 heterocycles. The molecule has 198 valence electrons. The summed E-state index contributed by atoms with van der Waals surface area (Å²) in [6.45, 7) is 8.18. The minimum Gasteiger partial charge on any atom is -0.462 e. The summed E-state index contributed by atoms with van der Waals surface area (Å²) in [5, 5.41) is 4.57. The van der Waals surface area contributed by atoms with E-state index in [1.54, 1.807) is 11.5 Å². The Kier molecular flexibility index (Phi) is 7.74. The summed E-state index contributed by atoms with van der Waals surface area (Å²) in [5.74, 6) is -0.0822. The van der Waals surface area contributed by atoms with E-state index in [0.717, 1.165) is 40.1 Å². The highest BCUT2D eigenvalue weighted by Crippen LogP contribution is 2.40. The van der Waals surface area contributed by atoms with Crippen molar-refractivity contribution in [1.82, 2.24) is 9.55 Å². The number of carbonyl (C=O) groups excluding carboxylic acids is 2. The molecule has 1 atom stereocenters. The molecule has 0 fully saturated rings. The quantitative estimate of drug-likeness (QED) is 0.163. The van der Waals surface area contributed by atoms with E-state index >= 15 is 0 Å². The third-order valence-electron chi connectivity index (χ3n) is 6.76. The van der Waals surface area contributed by atoms with Crippen LogP contribution in [0.5, 0.6) is 0 Å². The maximum absolute atomic E-state index is 13.6. The van der Waals surface area contributed by atoms with E-state index in [9.17, 15) is 14.4 Å². The summed E-state index contributed by atoms with van der Waals surface area (Å²) < 4.78 is 6.90. The van der Waals surface area contributed by atoms with Crippen LogP contribution in [0.4, 0.5) is 5.00 Å². The Morgan fingerprint density at radius 1 is 1.21 bits per heavy atom. The van der Waals surface area contributed by atoms with Crippen molar-refractivity contribution in [3.05, 3.63) is 67.1 Å². The van der Waals surface area contributed by atoms with Crippen LogP contribution < -0.4 is 10.9 Å². The van der Waals surface area contributed by atoms with Gasteiger partial charge in [0.05, 0.1) is 29.0 Å². The van der Waals surface area contributed by atoms with E-state index in [0.29, 0.717) is 37.5 Å². The van der Waals surface area contributed by atoms with Crippen molar-refractivity contribution >= 4 is 61.5 Å². The van der Waals surface area contributed by atoms with Gasteiger partial charge in [-0.05, 0) is 69.2 Å². The van der Waals surface area contributed by atoms with E-state index in [2.05, 4.69) is 12.2 Å². The number of para-hydroxylation sites is 1. The number of ether oxygens (including phenoxy) is 1. The topological polar surface area (TPSA) is 90.3 Å². The molecule has 7 nitrogen and oxygen atoms in total. The zero-order valence-electron chi connectivity index (χ0n) is 21.8. The molecule has 0 unspecified atom stereocenters. The number of rotatable bonds is 7. The Labute approximate surface area is 233 Å². The van der Waals surface area contributed by atoms with Crippen LogP contribution in [0.3, 0.4) is 0 Å². The average molecular weight is 568 g/mol. The van der Waals surface area contributed by atoms with E-state index in [-0.39, 0.29) is 23.8 Å². The van der Waals surface area contributed by atoms with Gasteiger partial charge in [-0.15, -0.1) is 22.7 Å². The molecule has 1 aromatic carbocycles. The Balaban J connectivity index is 1.45. The SMILES string of the molecule is CCOC(=O)c1c(NC(=O)CSc2nc3sc(C)c(C)c3c(=O)n2-c2ccccc2)sc2c1CC[C@@H](C)C2. The van der Waals surface area contributed by atoms with Crippen molar-refractivity contribution in [3.8, 4) is 5.69 Å². The molecule has 4 aromatic rings. The van der Waals surface area contributed by atoms with Crippen molar-refractivity contribution in [2.24, 2.45) is 5.92 Å². The highest BCUT2D eigenvalue weighted by molar-refractivity contribution is 7.99. The van der Waals surface area contributed by atoms with E-state index in [1.807, 2.05) is 44.2 Å². The second-order valence-electron chi connectivity index (χ2n) is 9.45. The highest BCUT2D eigenvalue weighted by Gasteiger charge is 2.29. The molecule has 0 bridgehead atoms. The normalized spacial score (nSPS) is 14.9. The number of hydrogen-bond acceptors (Lipinski definition) is 8. The van der Waals surface area contributed by atoms with Crippen molar-refractivity contribution in [3.63, 3.8) is 0 Å². The first kappa shape index (κ1) is 26.6. The van der Waals surface area contributed by atoms with Crippen LogP contribution in [0.1, 0.15) is 51.5 Å². The van der Waals surface area contributed by atoms with Crippen molar-refractivity contribution < 1.29 is 14.3 Å². The average Bonchev–Trinajstić information content (AvgIpc) is 3.38. The number of nitrogens with zero attached hydrogens (tertiary/aromatic N) is 2. The Morgan fingerprint density at radius 3 is 2.71 bits per heavy atom. The fourth-order valence-electron chi connectivity index (χ4n) is 4.73. The second kappa shape index (κ2) is 11.0. The van der Waals surface area contributed by atoms with Crippen molar-refractivity contribution in [2.75, 3.05) is 17.7 Å². The molecule has 3 aromatic heterocycles. The number of fused-ring (bicyclic) bond motifs is 2. The fraction of sp³-hybridized carbons (Fsp3) is 0.357. The zero-order chi connectivity index (χ0) is 27.0. The van der Waals surface area contributed by atoms with Gasteiger partial charge in [0, 0.05) is 9.75 Å². The molecule has 1 aliphatic carbocycles. The van der Waals surface area contributed by atoms with Gasteiger partial charge in [0.1, 0.15) is 9.83 Å². The summed E-state index contributed by atoms with van der Waals surface area (Å²) in [7, 11) is 0. The Morgan fingerprint density at radius 2 is 1.97 bits per heavy atom. The van der Waals surface area contributed by atoms with Crippen LogP contribution in [0.25, 0.3) is 15.9 Å². The minimum absolute atomic E-state index is 0.0371. The third-order valence-corrected chi connectivity index (χ3v) is 9.97. The molecule has 0 saturated heterocycles. The predicted octanol–water partition coefficient (Wildman–Crippen LogP) is 6.16. The van der Waals surface area contributed by atoms with E-state index in [1.165, 1.54) is 34.4 Å². The first-order valence-corrected chi connectivity index (χ1v) is 15.2. The lowest BCUT2D eigenvalue weighted by Gasteiger charge is -2.18. The molecule has 1 amide bonds. The van der Waals surface area contributed by atoms with Crippen LogP contribution in [0.15, 0.2) is 40.3 Å². The number of carbonyl (C=O) groups is 2. The number of nitrogens with one attached hydrogen (secondary N) is 1. The van der Waals surface area contributed by atoms with Crippen LogP contribution in [0.2, 0.25) is 0 Å². The lowest BCUT2D eigenvalue weighted by Crippen LogP contribution is -2.23. The van der Waals surface area contributed by atoms with Gasteiger partial charge in [0.2, 0.25) is 5.91 Å². The zero-order valence-corrected chi connectivity index (χ0v) is 24.2. The predicted molar refractivity (Wildman–Crippen MR) is 156 cm³/mol. The molecule has 5 rings (SSSR count). The van der Waals surface area contributed by atoms with Crippen LogP contribution >= 0.6 is 34.4 Å². The summed E-state index contributed by atoms with van der Waals surface area (Å²) in [6, 6.07) is 9.35. The molecule has 0 radical (unpaired) electrons. The summed E-state index contributed by atoms with van der Waals surface area (Å²) in [4.78, 5) is 47.2. The first-order chi connectivity index (χ1) is 18.3. The fourth-order valence-corrected chi connectivity index (χ4v) is 8.03. The second-order valence-corrected chi connectivity index (χ2v) is 12.7. The smallest absolute Gasteiger partial charge is 0.341 e. The molecule has 10 heteroatoms. The maximum atomic E-state index is 13.6. The molecule has 0 saturated carbocycles. The van der Waals surface area contributed by atoms with Gasteiger partial charge in [-0.2, -0.15) is 0 Å². The number of thioether (sulfide) groups is 1. The molecule has 0 spiro atoms. The van der Waals surface area contributed by atoms with E-state index in [4.69, 9.17) is 9.72 Å². The van der Waals surface area contributed by atoms with Crippen LogP contribution in [0, 0.1) is 19.8 Å². The van der Waals surface area contributed by atoms with Gasteiger partial charge in [0.25, 0.3) is 5.56 Å². The third kappa shape index (κ3) is 5.04. The number of thiophene rings is 2. The summed E-state index contributed by atoms with van der Waals surface area (Å²) in [6.07, 6.45) is 2.70. The lowest BCUT2D eigenvalue weighted by atomic mass is 9.88. The summed E-state index contributed by atoms with van der Waals surface area (Å²) in [5.41, 5.74) is 2.98. The molecule has 1 N–H and O–H groups in total. The minimum atomic E-state index is -0.393. The number of aryl methyl sites for hydroxylation is 2. The van der Waals surface area contributed by atoms with E-state index < -0.39 is 5.97 Å². The molecular weight excluding hydrogens is 539 g/mol. The standard InChI is InChI=1S/C28H29N3O4S3/c1-5-35-27(34)23-19-12-11-15(2)13-20(19)38-25(23)29-21(32)14-36-28-30-24-22(16(3)17(4)37-24)26(33)31(28)18-9-7-6-8-10-18/h6-10,15H,5,11-14H2,1-4H3,(H,29,32)/t15-/m1/s1. The van der Waals surface area contributed by atoms with Gasteiger partial charge in [-0.25, -0.2) is 9.78 Å². The monoisotopic (exact) mass is 567 g/mol. The number of esters is 1. The Bertz CT molecular complexity index is 1590. The van der Waals surface area contributed by atoms with Crippen molar-refractivity contribution in [2.45, 2.75) is 52.1 Å². The van der Waals surface area contributed by atoms with Gasteiger partial charge in [-0.3, -0.25) is 14.2 Å². The van der Waals surface area contributed by atoms with Crippen molar-refractivity contribution in [1.29, 1.82) is 0 Å². The lowest BCUT2D eigenvalue weighted by molar-refractivity contribution is -0.113. The summed E-state index contributed by atoms with van der Waals surface area (Å²) >= 11 is 4.16. The molecule has 38 heavy (non-hydrogen) atoms. The van der Waals surface area contributed by atoms with Gasteiger partial charge in [0.15, 0.2) is 5.16 Å². The number of hydrogen-bond donors (Lipinski definition) is 1. The Hall–Kier alpha value is -2.95. The number of amides is 1. The number of aromatic nitrogens is 2. The van der Waals surface area contributed by atoms with Gasteiger partial charge >= 0.3 is 5.97 Å². The number of benzene rings is 1. The van der Waals surface area contributed by atoms with Crippen LogP contribution in [-0.2, 0) is 22.4 Å². The first-order valence-electron chi connectivity index (χ1n) is 12.6.